The van der Waals surface area contributed by atoms with Crippen LogP contribution in [-0.4, -0.2) is 20.9 Å². The number of carbonyl (C=O) groups excluding carboxylic acids is 1. The largest absolute Gasteiger partial charge is 0.348 e. The van der Waals surface area contributed by atoms with Crippen molar-refractivity contribution in [1.82, 2.24) is 20.3 Å². The molecule has 25 heavy (non-hydrogen) atoms. The molecule has 0 unspecified atom stereocenters. The van der Waals surface area contributed by atoms with Gasteiger partial charge in [0.25, 0.3) is 5.91 Å². The molecule has 0 aliphatic carbocycles. The van der Waals surface area contributed by atoms with Crippen molar-refractivity contribution in [2.75, 3.05) is 5.32 Å². The summed E-state index contributed by atoms with van der Waals surface area (Å²) >= 11 is 0. The van der Waals surface area contributed by atoms with E-state index in [1.807, 2.05) is 38.1 Å². The highest BCUT2D eigenvalue weighted by Crippen LogP contribution is 2.19. The van der Waals surface area contributed by atoms with E-state index in [0.29, 0.717) is 18.1 Å². The number of aryl methyl sites for hydroxylation is 2. The van der Waals surface area contributed by atoms with Gasteiger partial charge in [0.15, 0.2) is 0 Å². The molecule has 0 atom stereocenters. The van der Waals surface area contributed by atoms with Crippen molar-refractivity contribution in [3.05, 3.63) is 77.4 Å². The van der Waals surface area contributed by atoms with E-state index in [1.165, 1.54) is 12.4 Å². The van der Waals surface area contributed by atoms with Crippen LogP contribution in [0.4, 0.5) is 11.6 Å². The van der Waals surface area contributed by atoms with Gasteiger partial charge in [-0.3, -0.25) is 9.78 Å². The number of carbonyl (C=O) groups is 1. The van der Waals surface area contributed by atoms with Crippen molar-refractivity contribution < 1.29 is 4.79 Å². The maximum atomic E-state index is 12.2. The van der Waals surface area contributed by atoms with Crippen LogP contribution >= 0.6 is 0 Å². The lowest BCUT2D eigenvalue weighted by atomic mass is 10.1. The van der Waals surface area contributed by atoms with Crippen LogP contribution < -0.4 is 10.6 Å². The highest BCUT2D eigenvalue weighted by Gasteiger charge is 2.08. The van der Waals surface area contributed by atoms with Crippen LogP contribution in [0.3, 0.4) is 0 Å². The second-order valence-corrected chi connectivity index (χ2v) is 5.78. The summed E-state index contributed by atoms with van der Waals surface area (Å²) in [4.78, 5) is 24.6. The van der Waals surface area contributed by atoms with Crippen LogP contribution in [0.25, 0.3) is 0 Å². The van der Waals surface area contributed by atoms with Crippen LogP contribution in [0.15, 0.2) is 55.1 Å². The molecule has 0 fully saturated rings. The molecule has 126 valence electrons. The fourth-order valence-electron chi connectivity index (χ4n) is 2.29. The van der Waals surface area contributed by atoms with Crippen molar-refractivity contribution in [1.29, 1.82) is 0 Å². The Balaban J connectivity index is 1.63. The number of pyridine rings is 1. The number of anilines is 2. The summed E-state index contributed by atoms with van der Waals surface area (Å²) in [7, 11) is 0. The van der Waals surface area contributed by atoms with Gasteiger partial charge in [0.1, 0.15) is 0 Å². The van der Waals surface area contributed by atoms with Crippen LogP contribution in [-0.2, 0) is 6.54 Å². The van der Waals surface area contributed by atoms with Crippen LogP contribution in [0.1, 0.15) is 27.0 Å². The number of hydrogen-bond acceptors (Lipinski definition) is 5. The highest BCUT2D eigenvalue weighted by atomic mass is 16.1. The molecule has 1 amide bonds. The van der Waals surface area contributed by atoms with E-state index in [4.69, 9.17) is 0 Å². The van der Waals surface area contributed by atoms with Gasteiger partial charge in [-0.2, -0.15) is 0 Å². The normalized spacial score (nSPS) is 10.3. The summed E-state index contributed by atoms with van der Waals surface area (Å²) in [5.74, 6) is 0.245. The van der Waals surface area contributed by atoms with E-state index in [1.54, 1.807) is 12.4 Å². The molecular formula is C19H19N5O. The van der Waals surface area contributed by atoms with Gasteiger partial charge in [0.2, 0.25) is 5.95 Å². The molecule has 3 rings (SSSR count). The zero-order valence-corrected chi connectivity index (χ0v) is 14.2. The predicted molar refractivity (Wildman–Crippen MR) is 96.6 cm³/mol. The minimum Gasteiger partial charge on any atom is -0.348 e. The van der Waals surface area contributed by atoms with Crippen molar-refractivity contribution in [2.45, 2.75) is 20.4 Å². The molecule has 2 N–H and O–H groups in total. The molecule has 0 saturated carbocycles. The zero-order chi connectivity index (χ0) is 17.6. The summed E-state index contributed by atoms with van der Waals surface area (Å²) in [6, 6.07) is 9.84. The molecular weight excluding hydrogens is 314 g/mol. The third-order valence-corrected chi connectivity index (χ3v) is 3.76. The van der Waals surface area contributed by atoms with Gasteiger partial charge >= 0.3 is 0 Å². The third-order valence-electron chi connectivity index (χ3n) is 3.76. The molecule has 0 radical (unpaired) electrons. The first-order chi connectivity index (χ1) is 12.1. The van der Waals surface area contributed by atoms with E-state index in [0.717, 1.165) is 22.4 Å². The van der Waals surface area contributed by atoms with Crippen LogP contribution in [0.5, 0.6) is 0 Å². The number of nitrogens with one attached hydrogen (secondary N) is 2. The summed E-state index contributed by atoms with van der Waals surface area (Å²) in [5, 5.41) is 6.01. The lowest BCUT2D eigenvalue weighted by Crippen LogP contribution is -2.23. The second kappa shape index (κ2) is 7.53. The monoisotopic (exact) mass is 333 g/mol. The van der Waals surface area contributed by atoms with E-state index in [-0.39, 0.29) is 5.91 Å². The van der Waals surface area contributed by atoms with Gasteiger partial charge < -0.3 is 10.6 Å². The van der Waals surface area contributed by atoms with Gasteiger partial charge in [0, 0.05) is 37.0 Å². The first-order valence-corrected chi connectivity index (χ1v) is 7.95. The topological polar surface area (TPSA) is 79.8 Å². The highest BCUT2D eigenvalue weighted by molar-refractivity contribution is 5.93. The summed E-state index contributed by atoms with van der Waals surface area (Å²) in [6.45, 7) is 4.48. The molecule has 0 aliphatic rings. The molecule has 0 aliphatic heterocycles. The molecule has 2 aromatic heterocycles. The van der Waals surface area contributed by atoms with Gasteiger partial charge in [-0.25, -0.2) is 9.97 Å². The average Bonchev–Trinajstić information content (AvgIpc) is 2.64. The minimum atomic E-state index is -0.213. The number of amides is 1. The van der Waals surface area contributed by atoms with Crippen molar-refractivity contribution in [3.63, 3.8) is 0 Å². The van der Waals surface area contributed by atoms with Crippen LogP contribution in [0, 0.1) is 13.8 Å². The lowest BCUT2D eigenvalue weighted by Gasteiger charge is -2.09. The molecule has 1 aromatic carbocycles. The Kier molecular flexibility index (Phi) is 4.99. The molecule has 6 heteroatoms. The zero-order valence-electron chi connectivity index (χ0n) is 14.2. The van der Waals surface area contributed by atoms with Crippen molar-refractivity contribution in [2.24, 2.45) is 0 Å². The van der Waals surface area contributed by atoms with Gasteiger partial charge in [0.05, 0.1) is 5.56 Å². The Hall–Kier alpha value is -3.28. The summed E-state index contributed by atoms with van der Waals surface area (Å²) < 4.78 is 0. The Morgan fingerprint density at radius 3 is 2.48 bits per heavy atom. The summed E-state index contributed by atoms with van der Waals surface area (Å²) in [6.07, 6.45) is 6.42. The molecule has 3 aromatic rings. The summed E-state index contributed by atoms with van der Waals surface area (Å²) in [5.41, 5.74) is 4.61. The molecule has 6 nitrogen and oxygen atoms in total. The lowest BCUT2D eigenvalue weighted by molar-refractivity contribution is 0.0950. The Bertz CT molecular complexity index is 863. The predicted octanol–water partition coefficient (Wildman–Crippen LogP) is 3.16. The maximum Gasteiger partial charge on any atom is 0.254 e. The fourth-order valence-corrected chi connectivity index (χ4v) is 2.29. The molecule has 0 bridgehead atoms. The maximum absolute atomic E-state index is 12.2. The molecule has 0 spiro atoms. The third kappa shape index (κ3) is 4.38. The second-order valence-electron chi connectivity index (χ2n) is 5.78. The fraction of sp³-hybridized carbons (Fsp3) is 0.158. The van der Waals surface area contributed by atoms with Crippen molar-refractivity contribution >= 4 is 17.5 Å². The number of benzene rings is 1. The Labute approximate surface area is 146 Å². The smallest absolute Gasteiger partial charge is 0.254 e. The van der Waals surface area contributed by atoms with Gasteiger partial charge in [-0.05, 0) is 48.7 Å². The minimum absolute atomic E-state index is 0.213. The number of aromatic nitrogens is 3. The van der Waals surface area contributed by atoms with Crippen LogP contribution in [0.2, 0.25) is 0 Å². The first-order valence-electron chi connectivity index (χ1n) is 7.95. The van der Waals surface area contributed by atoms with Gasteiger partial charge in [-0.15, -0.1) is 0 Å². The quantitative estimate of drug-likeness (QED) is 0.750. The SMILES string of the molecule is Cc1ccc(C)c(Nc2ncc(C(=O)NCc3ccncc3)cn2)c1. The number of hydrogen-bond donors (Lipinski definition) is 2. The van der Waals surface area contributed by atoms with Gasteiger partial charge in [-0.1, -0.05) is 12.1 Å². The average molecular weight is 333 g/mol. The van der Waals surface area contributed by atoms with Crippen molar-refractivity contribution in [3.8, 4) is 0 Å². The van der Waals surface area contributed by atoms with E-state index >= 15 is 0 Å². The number of nitrogens with zero attached hydrogens (tertiary/aromatic N) is 3. The van der Waals surface area contributed by atoms with E-state index in [2.05, 4.69) is 31.7 Å². The number of rotatable bonds is 5. The van der Waals surface area contributed by atoms with E-state index < -0.39 is 0 Å². The molecule has 0 saturated heterocycles. The Morgan fingerprint density at radius 1 is 1.04 bits per heavy atom. The Morgan fingerprint density at radius 2 is 1.76 bits per heavy atom. The van der Waals surface area contributed by atoms with E-state index in [9.17, 15) is 4.79 Å². The first kappa shape index (κ1) is 16.6. The standard InChI is InChI=1S/C19H19N5O/c1-13-3-4-14(2)17(9-13)24-19-22-11-16(12-23-19)18(25)21-10-15-5-7-20-8-6-15/h3-9,11-12H,10H2,1-2H3,(H,21,25)(H,22,23,24). The molecule has 2 heterocycles.